The molecule has 13 heteroatoms. The molecule has 0 N–H and O–H groups in total. The largest absolute Gasteiger partial charge is 0.465 e. The minimum Gasteiger partial charge on any atom is -0.465 e. The van der Waals surface area contributed by atoms with E-state index in [-0.39, 0.29) is 18.6 Å². The number of esters is 1. The Kier molecular flexibility index (Phi) is 9.92. The first-order valence-corrected chi connectivity index (χ1v) is 18.4. The fourth-order valence-corrected chi connectivity index (χ4v) is 5.70. The fourth-order valence-electron chi connectivity index (χ4n) is 5.08. The van der Waals surface area contributed by atoms with Crippen molar-refractivity contribution >= 4 is 33.1 Å². The van der Waals surface area contributed by atoms with Crippen molar-refractivity contribution in [3.8, 4) is 22.8 Å². The lowest BCUT2D eigenvalue weighted by molar-refractivity contribution is -0.144. The number of benzene rings is 1. The number of pyridine rings is 1. The van der Waals surface area contributed by atoms with Gasteiger partial charge in [0.1, 0.15) is 41.7 Å². The summed E-state index contributed by atoms with van der Waals surface area (Å²) in [5.74, 6) is 1.82. The quantitative estimate of drug-likeness (QED) is 0.150. The van der Waals surface area contributed by atoms with Gasteiger partial charge in [-0.3, -0.25) is 4.79 Å². The molecule has 46 heavy (non-hydrogen) atoms. The molecule has 0 spiro atoms. The molecule has 5 rings (SSSR count). The number of hydrogen-bond acceptors (Lipinski definition) is 9. The van der Waals surface area contributed by atoms with Crippen LogP contribution in [-0.4, -0.2) is 91.4 Å². The van der Waals surface area contributed by atoms with E-state index >= 15 is 0 Å². The van der Waals surface area contributed by atoms with Crippen molar-refractivity contribution in [1.82, 2.24) is 29.4 Å². The van der Waals surface area contributed by atoms with Gasteiger partial charge in [0.2, 0.25) is 0 Å². The predicted octanol–water partition coefficient (Wildman–Crippen LogP) is 5.61. The molecule has 1 aliphatic rings. The summed E-state index contributed by atoms with van der Waals surface area (Å²) in [7, 11) is -0.692. The van der Waals surface area contributed by atoms with Gasteiger partial charge in [0.05, 0.1) is 24.8 Å². The van der Waals surface area contributed by atoms with Crippen molar-refractivity contribution in [2.24, 2.45) is 0 Å². The second kappa shape index (κ2) is 13.7. The van der Waals surface area contributed by atoms with Gasteiger partial charge in [0.15, 0.2) is 0 Å². The van der Waals surface area contributed by atoms with E-state index in [1.54, 1.807) is 24.2 Å². The topological polar surface area (TPSA) is 123 Å². The van der Waals surface area contributed by atoms with E-state index in [9.17, 15) is 9.59 Å². The minimum absolute atomic E-state index is 0.0469. The zero-order valence-corrected chi connectivity index (χ0v) is 28.6. The zero-order chi connectivity index (χ0) is 33.1. The van der Waals surface area contributed by atoms with Crippen LogP contribution in [0.2, 0.25) is 0 Å². The summed E-state index contributed by atoms with van der Waals surface area (Å²) in [5, 5.41) is 9.27. The third-order valence-electron chi connectivity index (χ3n) is 7.27. The highest BCUT2D eigenvalue weighted by molar-refractivity contribution is 8.32. The van der Waals surface area contributed by atoms with E-state index in [0.717, 1.165) is 28.7 Å². The summed E-state index contributed by atoms with van der Waals surface area (Å²) < 4.78 is 26.7. The van der Waals surface area contributed by atoms with Gasteiger partial charge in [0.25, 0.3) is 0 Å². The highest BCUT2D eigenvalue weighted by Crippen LogP contribution is 2.38. The Morgan fingerprint density at radius 1 is 1.07 bits per heavy atom. The third kappa shape index (κ3) is 8.38. The molecule has 248 valence electrons. The molecule has 0 saturated heterocycles. The lowest BCUT2D eigenvalue weighted by Crippen LogP contribution is -2.39. The number of carbonyl (C=O) groups is 2. The smallest absolute Gasteiger partial charge is 0.410 e. The van der Waals surface area contributed by atoms with Crippen LogP contribution in [0.5, 0.6) is 11.5 Å². The number of fused-ring (bicyclic) bond motifs is 2. The summed E-state index contributed by atoms with van der Waals surface area (Å²) >= 11 is 0. The molecule has 0 atom stereocenters. The first-order valence-electron chi connectivity index (χ1n) is 15.3. The van der Waals surface area contributed by atoms with Crippen LogP contribution in [0.1, 0.15) is 38.8 Å². The van der Waals surface area contributed by atoms with E-state index in [2.05, 4.69) is 34.1 Å². The molecule has 0 unspecified atom stereocenters. The molecule has 0 radical (unpaired) electrons. The SMILES string of the molecule is CCOC(=O)Cn1cc(-c2cn(COCCS(C)(C)C)c3nccc(Oc4ccc5c(c4)CN(C(=O)OC(C)(C)C)CC5)c23)nn1. The average Bonchev–Trinajstić information content (AvgIpc) is 3.59. The Labute approximate surface area is 271 Å². The molecule has 1 amide bonds. The van der Waals surface area contributed by atoms with Crippen LogP contribution in [0.4, 0.5) is 4.79 Å². The maximum atomic E-state index is 12.8. The summed E-state index contributed by atoms with van der Waals surface area (Å²) in [6, 6.07) is 7.78. The van der Waals surface area contributed by atoms with Crippen LogP contribution in [0.15, 0.2) is 42.9 Å². The number of ether oxygens (including phenoxy) is 4. The van der Waals surface area contributed by atoms with Crippen LogP contribution in [-0.2, 0) is 45.2 Å². The van der Waals surface area contributed by atoms with Crippen LogP contribution in [0.25, 0.3) is 22.3 Å². The molecular weight excluding hydrogens is 608 g/mol. The van der Waals surface area contributed by atoms with Gasteiger partial charge in [0, 0.05) is 36.8 Å². The number of amides is 1. The van der Waals surface area contributed by atoms with Crippen LogP contribution in [0.3, 0.4) is 0 Å². The van der Waals surface area contributed by atoms with Gasteiger partial charge >= 0.3 is 12.1 Å². The van der Waals surface area contributed by atoms with Crippen LogP contribution in [0, 0.1) is 0 Å². The number of aromatic nitrogens is 5. The minimum atomic E-state index is -0.692. The first-order chi connectivity index (χ1) is 21.8. The average molecular weight is 653 g/mol. The van der Waals surface area contributed by atoms with Gasteiger partial charge < -0.3 is 28.4 Å². The number of hydrogen-bond donors (Lipinski definition) is 0. The van der Waals surface area contributed by atoms with E-state index in [0.29, 0.717) is 55.9 Å². The lowest BCUT2D eigenvalue weighted by Gasteiger charge is -2.31. The predicted molar refractivity (Wildman–Crippen MR) is 178 cm³/mol. The molecule has 4 heterocycles. The number of nitrogens with zero attached hydrogens (tertiary/aromatic N) is 6. The summed E-state index contributed by atoms with van der Waals surface area (Å²) in [5.41, 5.74) is 3.59. The zero-order valence-electron chi connectivity index (χ0n) is 27.7. The van der Waals surface area contributed by atoms with Crippen molar-refractivity contribution in [2.45, 2.75) is 59.5 Å². The maximum absolute atomic E-state index is 12.8. The summed E-state index contributed by atoms with van der Waals surface area (Å²) in [6.45, 7) is 9.58. The van der Waals surface area contributed by atoms with E-state index < -0.39 is 15.6 Å². The summed E-state index contributed by atoms with van der Waals surface area (Å²) in [4.78, 5) is 31.3. The normalized spacial score (nSPS) is 13.8. The van der Waals surface area contributed by atoms with Gasteiger partial charge in [-0.2, -0.15) is 0 Å². The fraction of sp³-hybridized carbons (Fsp3) is 0.485. The molecule has 1 aliphatic heterocycles. The second-order valence-electron chi connectivity index (χ2n) is 13.1. The van der Waals surface area contributed by atoms with Gasteiger partial charge in [-0.1, -0.05) is 11.3 Å². The summed E-state index contributed by atoms with van der Waals surface area (Å²) in [6.07, 6.45) is 12.5. The maximum Gasteiger partial charge on any atom is 0.410 e. The Bertz CT molecular complexity index is 1700. The van der Waals surface area contributed by atoms with Crippen molar-refractivity contribution in [3.63, 3.8) is 0 Å². The molecule has 0 saturated carbocycles. The molecule has 3 aromatic heterocycles. The highest BCUT2D eigenvalue weighted by atomic mass is 32.3. The van der Waals surface area contributed by atoms with Gasteiger partial charge in [-0.25, -0.2) is 24.5 Å². The number of rotatable bonds is 11. The Balaban J connectivity index is 1.45. The Hall–Kier alpha value is -4.10. The van der Waals surface area contributed by atoms with Gasteiger partial charge in [-0.15, -0.1) is 5.10 Å². The first kappa shape index (κ1) is 33.3. The Morgan fingerprint density at radius 2 is 1.87 bits per heavy atom. The molecule has 4 aromatic rings. The number of carbonyl (C=O) groups excluding carboxylic acids is 2. The highest BCUT2D eigenvalue weighted by Gasteiger charge is 2.26. The monoisotopic (exact) mass is 652 g/mol. The standard InChI is InChI=1S/C33H44N6O6S/c1-8-43-29(40)21-39-20-27(35-36-39)26-19-38(22-42-15-16-46(5,6)7)31-30(26)28(11-13-34-31)44-25-10-9-23-12-14-37(18-24(23)17-25)32(41)45-33(2,3)4/h9-11,13,17,19-20H,8,12,14-16,18,21-22H2,1-7H3. The second-order valence-corrected chi connectivity index (χ2v) is 17.7. The van der Waals surface area contributed by atoms with Crippen molar-refractivity contribution in [3.05, 3.63) is 54.0 Å². The van der Waals surface area contributed by atoms with Crippen molar-refractivity contribution in [1.29, 1.82) is 0 Å². The van der Waals surface area contributed by atoms with E-state index in [1.165, 1.54) is 10.2 Å². The molecule has 0 aliphatic carbocycles. The van der Waals surface area contributed by atoms with E-state index in [1.807, 2.05) is 55.8 Å². The van der Waals surface area contributed by atoms with Gasteiger partial charge in [-0.05, 0) is 82.2 Å². The third-order valence-corrected chi connectivity index (χ3v) is 8.66. The molecule has 1 aromatic carbocycles. The van der Waals surface area contributed by atoms with Crippen LogP contribution < -0.4 is 4.74 Å². The Morgan fingerprint density at radius 3 is 2.61 bits per heavy atom. The van der Waals surface area contributed by atoms with E-state index in [4.69, 9.17) is 18.9 Å². The van der Waals surface area contributed by atoms with Crippen molar-refractivity contribution < 1.29 is 28.5 Å². The lowest BCUT2D eigenvalue weighted by atomic mass is 10.00. The van der Waals surface area contributed by atoms with Crippen LogP contribution >= 0.6 is 10.0 Å². The molecule has 12 nitrogen and oxygen atoms in total. The molecule has 0 fully saturated rings. The molecular formula is C33H44N6O6S. The van der Waals surface area contributed by atoms with Crippen molar-refractivity contribution in [2.75, 3.05) is 44.3 Å². The molecule has 0 bridgehead atoms.